The molecule has 0 aliphatic carbocycles. The number of nitrogens with zero attached hydrogens (tertiary/aromatic N) is 5. The van der Waals surface area contributed by atoms with E-state index in [4.69, 9.17) is 0 Å². The molecule has 2 aromatic rings. The standard InChI is InChI=1S/C26H27N7O8S3/c1-3-31-8-9-32(22(38)21(31)37)25(41)28-16(13-4-6-15(34)7-5-13)19(35)27-17-20(36)33-18(24(39)40)14(10-42-23(17)33)11-43-26-30-29-12(2)44-26/h4-7,16-17,23,34H,3,8-11H2,1-2H3,(H,27,35)(H,28,41)(H,39,40)/t16-,17+,23?/m0/s1. The Morgan fingerprint density at radius 3 is 2.48 bits per heavy atom. The quantitative estimate of drug-likeness (QED) is 0.165. The van der Waals surface area contributed by atoms with Gasteiger partial charge in [0.1, 0.15) is 33.9 Å². The van der Waals surface area contributed by atoms with Crippen molar-refractivity contribution in [3.8, 4) is 5.75 Å². The molecule has 5 rings (SSSR count). The van der Waals surface area contributed by atoms with Crippen molar-refractivity contribution in [1.29, 1.82) is 0 Å². The molecule has 1 unspecified atom stereocenters. The van der Waals surface area contributed by atoms with Gasteiger partial charge < -0.3 is 25.7 Å². The van der Waals surface area contributed by atoms with Gasteiger partial charge >= 0.3 is 23.8 Å². The van der Waals surface area contributed by atoms with Crippen molar-refractivity contribution < 1.29 is 39.0 Å². The molecule has 1 aromatic carbocycles. The number of carbonyl (C=O) groups excluding carboxylic acids is 5. The molecule has 3 atom stereocenters. The van der Waals surface area contributed by atoms with Gasteiger partial charge in [-0.1, -0.05) is 35.2 Å². The molecule has 3 aliphatic rings. The predicted molar refractivity (Wildman–Crippen MR) is 158 cm³/mol. The number of thioether (sulfide) groups is 2. The first-order valence-corrected chi connectivity index (χ1v) is 16.2. The van der Waals surface area contributed by atoms with E-state index >= 15 is 0 Å². The summed E-state index contributed by atoms with van der Waals surface area (Å²) in [5, 5.41) is 32.8. The number of phenolic OH excluding ortho intramolecular Hbond substituents is 1. The van der Waals surface area contributed by atoms with E-state index in [-0.39, 0.29) is 30.1 Å². The van der Waals surface area contributed by atoms with Crippen LogP contribution in [0, 0.1) is 6.92 Å². The highest BCUT2D eigenvalue weighted by Gasteiger charge is 2.54. The lowest BCUT2D eigenvalue weighted by Gasteiger charge is -2.49. The number of urea groups is 1. The number of piperazine rings is 1. The number of aromatic hydroxyl groups is 1. The second kappa shape index (κ2) is 12.8. The minimum Gasteiger partial charge on any atom is -0.508 e. The number of imide groups is 1. The summed E-state index contributed by atoms with van der Waals surface area (Å²) >= 11 is 3.99. The van der Waals surface area contributed by atoms with Crippen molar-refractivity contribution >= 4 is 70.5 Å². The van der Waals surface area contributed by atoms with Crippen LogP contribution in [0.1, 0.15) is 23.5 Å². The predicted octanol–water partition coefficient (Wildman–Crippen LogP) is 0.524. The van der Waals surface area contributed by atoms with Crippen molar-refractivity contribution in [2.75, 3.05) is 31.1 Å². The van der Waals surface area contributed by atoms with Gasteiger partial charge in [0, 0.05) is 31.1 Å². The van der Waals surface area contributed by atoms with Crippen LogP contribution in [0.5, 0.6) is 5.75 Å². The second-order valence-corrected chi connectivity index (χ2v) is 13.4. The lowest BCUT2D eigenvalue weighted by atomic mass is 10.0. The van der Waals surface area contributed by atoms with E-state index in [1.54, 1.807) is 6.92 Å². The maximum Gasteiger partial charge on any atom is 0.352 e. The molecule has 0 saturated carbocycles. The largest absolute Gasteiger partial charge is 0.508 e. The molecule has 18 heteroatoms. The lowest BCUT2D eigenvalue weighted by molar-refractivity contribution is -0.153. The third kappa shape index (κ3) is 6.09. The van der Waals surface area contributed by atoms with Gasteiger partial charge in [0.05, 0.1) is 0 Å². The van der Waals surface area contributed by atoms with Gasteiger partial charge in [-0.15, -0.1) is 22.0 Å². The van der Waals surface area contributed by atoms with E-state index in [1.807, 2.05) is 6.92 Å². The molecule has 232 valence electrons. The van der Waals surface area contributed by atoms with Gasteiger partial charge in [-0.05, 0) is 37.1 Å². The van der Waals surface area contributed by atoms with Gasteiger partial charge in [-0.3, -0.25) is 29.0 Å². The van der Waals surface area contributed by atoms with E-state index in [2.05, 4.69) is 20.8 Å². The Labute approximate surface area is 263 Å². The maximum atomic E-state index is 13.6. The number of aryl methyl sites for hydroxylation is 1. The number of fused-ring (bicyclic) bond motifs is 1. The van der Waals surface area contributed by atoms with Gasteiger partial charge in [-0.25, -0.2) is 9.59 Å². The van der Waals surface area contributed by atoms with Gasteiger partial charge in [0.15, 0.2) is 4.34 Å². The molecule has 0 spiro atoms. The van der Waals surface area contributed by atoms with E-state index in [1.165, 1.54) is 64.0 Å². The highest BCUT2D eigenvalue weighted by Crippen LogP contribution is 2.42. The number of hydrogen-bond acceptors (Lipinski definition) is 12. The smallest absolute Gasteiger partial charge is 0.352 e. The lowest BCUT2D eigenvalue weighted by Crippen LogP contribution is -2.71. The van der Waals surface area contributed by atoms with Crippen LogP contribution in [-0.4, -0.2) is 113 Å². The number of likely N-dealkylation sites (N-methyl/N-ethyl adjacent to an activating group) is 1. The molecule has 2 fully saturated rings. The SMILES string of the molecule is CCN1CCN(C(=O)N[C@H](C(=O)N[C@@H]2C(=O)N3C(C(=O)O)=C(CSc4nnc(C)s4)CSC23)c2ccc(O)cc2)C(=O)C1=O. The average Bonchev–Trinajstić information content (AvgIpc) is 3.43. The van der Waals surface area contributed by atoms with E-state index in [0.29, 0.717) is 28.0 Å². The minimum absolute atomic E-state index is 0.0769. The molecule has 0 radical (unpaired) electrons. The summed E-state index contributed by atoms with van der Waals surface area (Å²) < 4.78 is 0.674. The zero-order chi connectivity index (χ0) is 31.7. The van der Waals surface area contributed by atoms with Crippen LogP contribution >= 0.6 is 34.9 Å². The summed E-state index contributed by atoms with van der Waals surface area (Å²) in [7, 11) is 0. The Hall–Kier alpha value is -4.16. The van der Waals surface area contributed by atoms with Crippen molar-refractivity contribution in [2.45, 2.75) is 35.6 Å². The van der Waals surface area contributed by atoms with Crippen molar-refractivity contribution in [3.63, 3.8) is 0 Å². The summed E-state index contributed by atoms with van der Waals surface area (Å²) in [6.07, 6.45) is 0. The Balaban J connectivity index is 1.31. The summed E-state index contributed by atoms with van der Waals surface area (Å²) in [6, 6.07) is 1.90. The summed E-state index contributed by atoms with van der Waals surface area (Å²) in [4.78, 5) is 80.2. The molecule has 15 nitrogen and oxygen atoms in total. The fourth-order valence-corrected chi connectivity index (χ4v) is 8.16. The highest BCUT2D eigenvalue weighted by molar-refractivity contribution is 8.01. The Kier molecular flexibility index (Phi) is 9.12. The Morgan fingerprint density at radius 2 is 1.84 bits per heavy atom. The average molecular weight is 662 g/mol. The first kappa shape index (κ1) is 31.3. The molecule has 1 aromatic heterocycles. The Morgan fingerprint density at radius 1 is 1.11 bits per heavy atom. The number of aromatic nitrogens is 2. The number of benzene rings is 1. The zero-order valence-electron chi connectivity index (χ0n) is 23.4. The van der Waals surface area contributed by atoms with Crippen LogP contribution in [0.2, 0.25) is 0 Å². The molecule has 4 N–H and O–H groups in total. The molecule has 3 aliphatic heterocycles. The van der Waals surface area contributed by atoms with Gasteiger partial charge in [-0.2, -0.15) is 0 Å². The molecule has 4 heterocycles. The fraction of sp³-hybridized carbons (Fsp3) is 0.385. The first-order chi connectivity index (χ1) is 21.0. The summed E-state index contributed by atoms with van der Waals surface area (Å²) in [5.74, 6) is -4.09. The molecule has 6 amide bonds. The van der Waals surface area contributed by atoms with Crippen molar-refractivity contribution in [1.82, 2.24) is 35.5 Å². The van der Waals surface area contributed by atoms with E-state index in [9.17, 15) is 39.0 Å². The topological polar surface area (TPSA) is 202 Å². The monoisotopic (exact) mass is 661 g/mol. The number of carboxylic acid groups (broad SMARTS) is 1. The Bertz CT molecular complexity index is 1560. The number of rotatable bonds is 9. The number of amides is 6. The first-order valence-electron chi connectivity index (χ1n) is 13.3. The highest BCUT2D eigenvalue weighted by atomic mass is 32.2. The number of carboxylic acids is 1. The molecular formula is C26H27N7O8S3. The number of aliphatic carboxylic acids is 1. The van der Waals surface area contributed by atoms with Crippen molar-refractivity contribution in [2.24, 2.45) is 0 Å². The maximum absolute atomic E-state index is 13.6. The summed E-state index contributed by atoms with van der Waals surface area (Å²) in [5.41, 5.74) is 0.624. The van der Waals surface area contributed by atoms with Crippen LogP contribution in [0.15, 0.2) is 39.9 Å². The van der Waals surface area contributed by atoms with E-state index in [0.717, 1.165) is 14.8 Å². The zero-order valence-corrected chi connectivity index (χ0v) is 25.8. The van der Waals surface area contributed by atoms with Crippen LogP contribution in [0.25, 0.3) is 0 Å². The number of hydrogen-bond donors (Lipinski definition) is 4. The minimum atomic E-state index is -1.41. The third-order valence-electron chi connectivity index (χ3n) is 7.12. The number of β-lactam (4-membered cyclic amide) rings is 1. The van der Waals surface area contributed by atoms with Crippen molar-refractivity contribution in [3.05, 3.63) is 46.1 Å². The fourth-order valence-electron chi connectivity index (χ4n) is 4.85. The van der Waals surface area contributed by atoms with Gasteiger partial charge in [0.2, 0.25) is 5.91 Å². The number of carbonyl (C=O) groups is 6. The number of nitrogens with one attached hydrogen (secondary N) is 2. The van der Waals surface area contributed by atoms with Crippen LogP contribution < -0.4 is 10.6 Å². The van der Waals surface area contributed by atoms with Gasteiger partial charge in [0.25, 0.3) is 5.91 Å². The van der Waals surface area contributed by atoms with Crippen LogP contribution in [0.4, 0.5) is 4.79 Å². The molecule has 0 bridgehead atoms. The normalized spacial score (nSPS) is 20.7. The summed E-state index contributed by atoms with van der Waals surface area (Å²) in [6.45, 7) is 3.87. The third-order valence-corrected chi connectivity index (χ3v) is 10.5. The number of phenols is 1. The van der Waals surface area contributed by atoms with Crippen LogP contribution in [-0.2, 0) is 24.0 Å². The molecule has 44 heavy (non-hydrogen) atoms. The van der Waals surface area contributed by atoms with E-state index < -0.39 is 53.1 Å². The molecule has 2 saturated heterocycles. The molecular weight excluding hydrogens is 635 g/mol. The second-order valence-electron chi connectivity index (χ2n) is 9.84. The van der Waals surface area contributed by atoms with Crippen LogP contribution in [0.3, 0.4) is 0 Å².